The average Bonchev–Trinajstić information content (AvgIpc) is 2.99. The van der Waals surface area contributed by atoms with E-state index in [1.807, 2.05) is 43.0 Å². The molecule has 2 aromatic carbocycles. The summed E-state index contributed by atoms with van der Waals surface area (Å²) in [6, 6.07) is 13.7. The van der Waals surface area contributed by atoms with Gasteiger partial charge in [-0.05, 0) is 60.6 Å². The minimum atomic E-state index is -4.56. The Kier molecular flexibility index (Phi) is 11.9. The van der Waals surface area contributed by atoms with Crippen LogP contribution in [0, 0.1) is 5.92 Å². The SMILES string of the molecule is CC(C)CC(=O)N1CCCCCNC(=O)c2ccc(cc2)Cc2nc(nc(OCC(F)(F)F)n2)NCc2ccc(cc2)OCC1. The minimum absolute atomic E-state index is 0.0603. The molecule has 6 rings (SSSR count). The molecule has 6 bridgehead atoms. The standard InChI is InChI=1S/C32H39F3N6O4/c1-22(2)18-28(42)41-15-5-3-4-14-36-29(43)25-10-6-23(7-11-25)19-27-38-30(40-31(39-27)45-21-32(33,34)35)37-20-24-8-12-26(13-9-24)44-17-16-41/h6-13,22H,3-5,14-21H2,1-2H3,(H,36,43)(H,37,38,39,40). The Bertz CT molecular complexity index is 1400. The predicted octanol–water partition coefficient (Wildman–Crippen LogP) is 5.18. The predicted molar refractivity (Wildman–Crippen MR) is 162 cm³/mol. The van der Waals surface area contributed by atoms with Crippen LogP contribution in [0.1, 0.15) is 66.8 Å². The van der Waals surface area contributed by atoms with Crippen LogP contribution in [0.25, 0.3) is 0 Å². The summed E-state index contributed by atoms with van der Waals surface area (Å²) in [5, 5.41) is 5.95. The molecule has 45 heavy (non-hydrogen) atoms. The van der Waals surface area contributed by atoms with E-state index in [-0.39, 0.29) is 42.5 Å². The number of nitrogens with zero attached hydrogens (tertiary/aromatic N) is 4. The molecule has 3 aliphatic heterocycles. The number of benzene rings is 2. The summed E-state index contributed by atoms with van der Waals surface area (Å²) in [7, 11) is 0. The minimum Gasteiger partial charge on any atom is -0.492 e. The van der Waals surface area contributed by atoms with E-state index in [9.17, 15) is 22.8 Å². The van der Waals surface area contributed by atoms with Crippen molar-refractivity contribution in [3.8, 4) is 11.8 Å². The summed E-state index contributed by atoms with van der Waals surface area (Å²) in [5.41, 5.74) is 2.09. The highest BCUT2D eigenvalue weighted by Crippen LogP contribution is 2.19. The average molecular weight is 629 g/mol. The van der Waals surface area contributed by atoms with Crippen LogP contribution >= 0.6 is 0 Å². The van der Waals surface area contributed by atoms with Crippen molar-refractivity contribution in [3.05, 3.63) is 71.0 Å². The molecule has 2 amide bonds. The maximum absolute atomic E-state index is 12.9. The van der Waals surface area contributed by atoms with Crippen LogP contribution in [-0.2, 0) is 17.8 Å². The Morgan fingerprint density at radius 1 is 0.956 bits per heavy atom. The maximum Gasteiger partial charge on any atom is 0.422 e. The second-order valence-electron chi connectivity index (χ2n) is 11.3. The van der Waals surface area contributed by atoms with Crippen molar-refractivity contribution in [1.29, 1.82) is 0 Å². The fraction of sp³-hybridized carbons (Fsp3) is 0.469. The Hall–Kier alpha value is -4.42. The first-order valence-corrected chi connectivity index (χ1v) is 15.1. The third-order valence-electron chi connectivity index (χ3n) is 6.93. The molecule has 13 heteroatoms. The van der Waals surface area contributed by atoms with Crippen LogP contribution < -0.4 is 20.1 Å². The number of hydrogen-bond donors (Lipinski definition) is 2. The maximum atomic E-state index is 12.9. The number of nitrogens with one attached hydrogen (secondary N) is 2. The number of carbonyl (C=O) groups is 2. The second kappa shape index (κ2) is 16.1. The number of alkyl halides is 3. The molecular weight excluding hydrogens is 589 g/mol. The molecule has 242 valence electrons. The first-order chi connectivity index (χ1) is 21.5. The van der Waals surface area contributed by atoms with Crippen molar-refractivity contribution in [2.75, 3.05) is 38.2 Å². The highest BCUT2D eigenvalue weighted by molar-refractivity contribution is 5.94. The monoisotopic (exact) mass is 628 g/mol. The van der Waals surface area contributed by atoms with Gasteiger partial charge in [0.15, 0.2) is 6.61 Å². The first-order valence-electron chi connectivity index (χ1n) is 15.1. The van der Waals surface area contributed by atoms with E-state index in [0.29, 0.717) is 44.0 Å². The molecule has 2 N–H and O–H groups in total. The molecule has 0 saturated carbocycles. The Labute approximate surface area is 260 Å². The fourth-order valence-electron chi connectivity index (χ4n) is 4.63. The van der Waals surface area contributed by atoms with Crippen molar-refractivity contribution in [2.24, 2.45) is 5.92 Å². The van der Waals surface area contributed by atoms with Gasteiger partial charge in [-0.2, -0.15) is 28.1 Å². The molecule has 0 fully saturated rings. The van der Waals surface area contributed by atoms with Gasteiger partial charge >= 0.3 is 12.2 Å². The summed E-state index contributed by atoms with van der Waals surface area (Å²) in [4.78, 5) is 39.8. The number of amides is 2. The molecule has 0 unspecified atom stereocenters. The summed E-state index contributed by atoms with van der Waals surface area (Å²) < 4.78 is 49.2. The van der Waals surface area contributed by atoms with Crippen LogP contribution in [-0.4, -0.2) is 70.7 Å². The number of hydrogen-bond acceptors (Lipinski definition) is 8. The van der Waals surface area contributed by atoms with Gasteiger partial charge in [-0.25, -0.2) is 0 Å². The lowest BCUT2D eigenvalue weighted by molar-refractivity contribution is -0.154. The third-order valence-corrected chi connectivity index (χ3v) is 6.93. The molecule has 0 atom stereocenters. The van der Waals surface area contributed by atoms with Crippen LogP contribution in [0.2, 0.25) is 0 Å². The van der Waals surface area contributed by atoms with Crippen molar-refractivity contribution >= 4 is 17.8 Å². The molecule has 4 heterocycles. The zero-order valence-corrected chi connectivity index (χ0v) is 25.5. The lowest BCUT2D eigenvalue weighted by Crippen LogP contribution is -2.36. The molecule has 3 aromatic rings. The number of ether oxygens (including phenoxy) is 2. The summed E-state index contributed by atoms with van der Waals surface area (Å²) in [6.07, 6.45) is -1.46. The molecule has 0 radical (unpaired) electrons. The molecule has 0 saturated heterocycles. The smallest absolute Gasteiger partial charge is 0.422 e. The number of carbonyl (C=O) groups excluding carboxylic acids is 2. The summed E-state index contributed by atoms with van der Waals surface area (Å²) in [6.45, 7) is 4.70. The topological polar surface area (TPSA) is 119 Å². The van der Waals surface area contributed by atoms with E-state index in [0.717, 1.165) is 30.4 Å². The van der Waals surface area contributed by atoms with E-state index in [1.54, 1.807) is 24.3 Å². The molecular formula is C32H39F3N6O4. The zero-order chi connectivity index (χ0) is 32.2. The van der Waals surface area contributed by atoms with Crippen molar-refractivity contribution in [2.45, 2.75) is 58.7 Å². The van der Waals surface area contributed by atoms with Gasteiger partial charge in [0.2, 0.25) is 11.9 Å². The Balaban J connectivity index is 1.52. The largest absolute Gasteiger partial charge is 0.492 e. The van der Waals surface area contributed by atoms with Crippen LogP contribution in [0.5, 0.6) is 11.8 Å². The summed E-state index contributed by atoms with van der Waals surface area (Å²) >= 11 is 0. The quantitative estimate of drug-likeness (QED) is 0.406. The fourth-order valence-corrected chi connectivity index (χ4v) is 4.63. The highest BCUT2D eigenvalue weighted by atomic mass is 19.4. The Morgan fingerprint density at radius 3 is 2.40 bits per heavy atom. The highest BCUT2D eigenvalue weighted by Gasteiger charge is 2.29. The number of halogens is 3. The van der Waals surface area contributed by atoms with Gasteiger partial charge in [0.1, 0.15) is 18.2 Å². The molecule has 0 spiro atoms. The van der Waals surface area contributed by atoms with E-state index >= 15 is 0 Å². The van der Waals surface area contributed by atoms with Crippen LogP contribution in [0.15, 0.2) is 48.5 Å². The number of aromatic nitrogens is 3. The molecule has 10 nitrogen and oxygen atoms in total. The van der Waals surface area contributed by atoms with E-state index < -0.39 is 18.8 Å². The van der Waals surface area contributed by atoms with Crippen LogP contribution in [0.4, 0.5) is 19.1 Å². The lowest BCUT2D eigenvalue weighted by atomic mass is 10.1. The van der Waals surface area contributed by atoms with Gasteiger partial charge in [0.05, 0.1) is 6.54 Å². The van der Waals surface area contributed by atoms with Crippen LogP contribution in [0.3, 0.4) is 0 Å². The van der Waals surface area contributed by atoms with Crippen molar-refractivity contribution < 1.29 is 32.2 Å². The second-order valence-corrected chi connectivity index (χ2v) is 11.3. The van der Waals surface area contributed by atoms with Gasteiger partial charge in [0, 0.05) is 38.0 Å². The van der Waals surface area contributed by atoms with Crippen molar-refractivity contribution in [1.82, 2.24) is 25.2 Å². The van der Waals surface area contributed by atoms with Gasteiger partial charge in [-0.1, -0.05) is 38.1 Å². The van der Waals surface area contributed by atoms with E-state index in [2.05, 4.69) is 25.6 Å². The number of fused-ring (bicyclic) bond motifs is 2. The van der Waals surface area contributed by atoms with Gasteiger partial charge in [0.25, 0.3) is 5.91 Å². The lowest BCUT2D eigenvalue weighted by Gasteiger charge is -2.24. The molecule has 0 aliphatic carbocycles. The number of anilines is 1. The van der Waals surface area contributed by atoms with Gasteiger partial charge < -0.3 is 25.0 Å². The third kappa shape index (κ3) is 11.5. The van der Waals surface area contributed by atoms with Gasteiger partial charge in [-0.3, -0.25) is 9.59 Å². The Morgan fingerprint density at radius 2 is 1.69 bits per heavy atom. The van der Waals surface area contributed by atoms with Gasteiger partial charge in [-0.15, -0.1) is 0 Å². The zero-order valence-electron chi connectivity index (χ0n) is 25.5. The van der Waals surface area contributed by atoms with Crippen molar-refractivity contribution in [3.63, 3.8) is 0 Å². The summed E-state index contributed by atoms with van der Waals surface area (Å²) in [5.74, 6) is 1.05. The van der Waals surface area contributed by atoms with E-state index in [1.165, 1.54) is 0 Å². The number of rotatable bonds is 4. The van der Waals surface area contributed by atoms with E-state index in [4.69, 9.17) is 9.47 Å². The normalized spacial score (nSPS) is 15.4. The molecule has 3 aliphatic rings. The molecule has 1 aromatic heterocycles. The first kappa shape index (κ1) is 33.5.